The maximum absolute atomic E-state index is 12.1. The smallest absolute Gasteiger partial charge is 0.276 e. The first kappa shape index (κ1) is 15.4. The molecule has 7 nitrogen and oxygen atoms in total. The summed E-state index contributed by atoms with van der Waals surface area (Å²) in [5.74, 6) is -0.205. The van der Waals surface area contributed by atoms with E-state index in [0.29, 0.717) is 23.9 Å². The Balaban J connectivity index is 2.06. The van der Waals surface area contributed by atoms with Crippen molar-refractivity contribution in [2.45, 2.75) is 13.8 Å². The Morgan fingerprint density at radius 3 is 2.41 bits per heavy atom. The van der Waals surface area contributed by atoms with Crippen LogP contribution in [0, 0.1) is 0 Å². The maximum Gasteiger partial charge on any atom is 0.276 e. The molecule has 2 rings (SSSR count). The van der Waals surface area contributed by atoms with Crippen LogP contribution >= 0.6 is 0 Å². The fourth-order valence-corrected chi connectivity index (χ4v) is 1.74. The minimum absolute atomic E-state index is 0.174. The second-order valence-electron chi connectivity index (χ2n) is 4.41. The van der Waals surface area contributed by atoms with Crippen molar-refractivity contribution < 1.29 is 14.3 Å². The highest BCUT2D eigenvalue weighted by molar-refractivity contribution is 6.03. The van der Waals surface area contributed by atoms with Gasteiger partial charge in [-0.15, -0.1) is 10.2 Å². The van der Waals surface area contributed by atoms with E-state index in [-0.39, 0.29) is 11.6 Å². The quantitative estimate of drug-likeness (QED) is 0.882. The number of aromatic nitrogens is 2. The van der Waals surface area contributed by atoms with E-state index in [2.05, 4.69) is 20.8 Å². The molecule has 0 radical (unpaired) electrons. The number of carbonyl (C=O) groups excluding carboxylic acids is 2. The number of nitrogens with zero attached hydrogens (tertiary/aromatic N) is 2. The van der Waals surface area contributed by atoms with Crippen molar-refractivity contribution in [2.75, 3.05) is 17.2 Å². The molecule has 22 heavy (non-hydrogen) atoms. The summed E-state index contributed by atoms with van der Waals surface area (Å²) in [5.41, 5.74) is 1.32. The molecule has 2 N–H and O–H groups in total. The highest BCUT2D eigenvalue weighted by Gasteiger charge is 2.09. The Morgan fingerprint density at radius 1 is 1.09 bits per heavy atom. The number of nitrogens with one attached hydrogen (secondary N) is 2. The van der Waals surface area contributed by atoms with Crippen molar-refractivity contribution in [1.82, 2.24) is 10.2 Å². The number of anilines is 2. The highest BCUT2D eigenvalue weighted by atomic mass is 16.5. The average molecular weight is 300 g/mol. The Morgan fingerprint density at radius 2 is 1.82 bits per heavy atom. The summed E-state index contributed by atoms with van der Waals surface area (Å²) in [6.45, 7) is 3.74. The summed E-state index contributed by atoms with van der Waals surface area (Å²) in [4.78, 5) is 23.1. The van der Waals surface area contributed by atoms with Gasteiger partial charge in [0.25, 0.3) is 5.91 Å². The number of rotatable bonds is 5. The van der Waals surface area contributed by atoms with Gasteiger partial charge in [0.05, 0.1) is 6.61 Å². The molecular weight excluding hydrogens is 284 g/mol. The summed E-state index contributed by atoms with van der Waals surface area (Å²) in [5, 5.41) is 12.9. The van der Waals surface area contributed by atoms with Gasteiger partial charge in [0, 0.05) is 24.4 Å². The number of carbonyl (C=O) groups is 2. The minimum atomic E-state index is -0.393. The van der Waals surface area contributed by atoms with Gasteiger partial charge in [-0.2, -0.15) is 0 Å². The van der Waals surface area contributed by atoms with E-state index in [1.807, 2.05) is 6.92 Å². The van der Waals surface area contributed by atoms with Crippen LogP contribution in [0.1, 0.15) is 24.3 Å². The van der Waals surface area contributed by atoms with Gasteiger partial charge in [0.2, 0.25) is 11.8 Å². The van der Waals surface area contributed by atoms with Crippen molar-refractivity contribution in [2.24, 2.45) is 0 Å². The second-order valence-corrected chi connectivity index (χ2v) is 4.41. The summed E-state index contributed by atoms with van der Waals surface area (Å²) in [6.07, 6.45) is 0. The van der Waals surface area contributed by atoms with E-state index in [0.717, 1.165) is 0 Å². The molecular formula is C15H16N4O3. The lowest BCUT2D eigenvalue weighted by molar-refractivity contribution is -0.114. The number of hydrogen-bond acceptors (Lipinski definition) is 5. The van der Waals surface area contributed by atoms with Gasteiger partial charge < -0.3 is 15.4 Å². The Labute approximate surface area is 127 Å². The van der Waals surface area contributed by atoms with Crippen molar-refractivity contribution in [3.63, 3.8) is 0 Å². The van der Waals surface area contributed by atoms with Gasteiger partial charge in [-0.25, -0.2) is 0 Å². The third kappa shape index (κ3) is 4.27. The first-order chi connectivity index (χ1) is 10.6. The molecule has 0 saturated carbocycles. The molecule has 0 unspecified atom stereocenters. The molecule has 0 atom stereocenters. The topological polar surface area (TPSA) is 93.2 Å². The van der Waals surface area contributed by atoms with Crippen LogP contribution in [0.2, 0.25) is 0 Å². The Kier molecular flexibility index (Phi) is 5.02. The van der Waals surface area contributed by atoms with Gasteiger partial charge in [-0.3, -0.25) is 9.59 Å². The lowest BCUT2D eigenvalue weighted by Gasteiger charge is -2.07. The van der Waals surface area contributed by atoms with Crippen molar-refractivity contribution in [3.05, 3.63) is 42.1 Å². The normalized spacial score (nSPS) is 9.91. The summed E-state index contributed by atoms with van der Waals surface area (Å²) in [7, 11) is 0. The molecule has 2 amide bonds. The molecule has 2 aromatic rings. The molecule has 114 valence electrons. The van der Waals surface area contributed by atoms with Gasteiger partial charge >= 0.3 is 0 Å². The van der Waals surface area contributed by atoms with Crippen molar-refractivity contribution >= 4 is 23.2 Å². The van der Waals surface area contributed by atoms with Crippen molar-refractivity contribution in [3.8, 4) is 5.88 Å². The van der Waals surface area contributed by atoms with E-state index in [1.165, 1.54) is 13.0 Å². The predicted molar refractivity (Wildman–Crippen MR) is 81.9 cm³/mol. The third-order valence-corrected chi connectivity index (χ3v) is 2.61. The fourth-order valence-electron chi connectivity index (χ4n) is 1.74. The zero-order chi connectivity index (χ0) is 15.9. The maximum atomic E-state index is 12.1. The molecule has 0 saturated heterocycles. The van der Waals surface area contributed by atoms with E-state index < -0.39 is 5.91 Å². The van der Waals surface area contributed by atoms with Gasteiger partial charge in [-0.1, -0.05) is 6.07 Å². The lowest BCUT2D eigenvalue weighted by atomic mass is 10.2. The van der Waals surface area contributed by atoms with E-state index in [9.17, 15) is 9.59 Å². The van der Waals surface area contributed by atoms with Crippen LogP contribution in [0.3, 0.4) is 0 Å². The molecule has 0 aliphatic carbocycles. The molecule has 1 heterocycles. The first-order valence-electron chi connectivity index (χ1n) is 6.74. The van der Waals surface area contributed by atoms with Crippen LogP contribution in [-0.4, -0.2) is 28.6 Å². The van der Waals surface area contributed by atoms with Crippen LogP contribution in [0.15, 0.2) is 36.4 Å². The average Bonchev–Trinajstić information content (AvgIpc) is 2.48. The van der Waals surface area contributed by atoms with E-state index in [1.54, 1.807) is 30.3 Å². The van der Waals surface area contributed by atoms with Gasteiger partial charge in [-0.05, 0) is 31.2 Å². The molecule has 0 aliphatic rings. The molecule has 0 aliphatic heterocycles. The van der Waals surface area contributed by atoms with Crippen LogP contribution in [0.5, 0.6) is 5.88 Å². The minimum Gasteiger partial charge on any atom is -0.477 e. The van der Waals surface area contributed by atoms with Crippen LogP contribution < -0.4 is 15.4 Å². The van der Waals surface area contributed by atoms with Gasteiger partial charge in [0.15, 0.2) is 5.69 Å². The third-order valence-electron chi connectivity index (χ3n) is 2.61. The molecule has 0 spiro atoms. The van der Waals surface area contributed by atoms with E-state index >= 15 is 0 Å². The summed E-state index contributed by atoms with van der Waals surface area (Å²) in [6, 6.07) is 9.94. The zero-order valence-corrected chi connectivity index (χ0v) is 12.3. The SMILES string of the molecule is CCOc1ccc(C(=O)Nc2cccc(NC(C)=O)c2)nn1. The van der Waals surface area contributed by atoms with E-state index in [4.69, 9.17) is 4.74 Å². The summed E-state index contributed by atoms with van der Waals surface area (Å²) < 4.78 is 5.17. The summed E-state index contributed by atoms with van der Waals surface area (Å²) >= 11 is 0. The monoisotopic (exact) mass is 300 g/mol. The molecule has 7 heteroatoms. The molecule has 0 bridgehead atoms. The van der Waals surface area contributed by atoms with Crippen LogP contribution in [0.4, 0.5) is 11.4 Å². The van der Waals surface area contributed by atoms with Crippen LogP contribution in [0.25, 0.3) is 0 Å². The number of benzene rings is 1. The zero-order valence-electron chi connectivity index (χ0n) is 12.3. The Hall–Kier alpha value is -2.96. The largest absolute Gasteiger partial charge is 0.477 e. The van der Waals surface area contributed by atoms with Gasteiger partial charge in [0.1, 0.15) is 0 Å². The second kappa shape index (κ2) is 7.16. The molecule has 1 aromatic heterocycles. The van der Waals surface area contributed by atoms with Crippen molar-refractivity contribution in [1.29, 1.82) is 0 Å². The molecule has 0 fully saturated rings. The lowest BCUT2D eigenvalue weighted by Crippen LogP contribution is -2.15. The first-order valence-corrected chi connectivity index (χ1v) is 6.74. The number of hydrogen-bond donors (Lipinski definition) is 2. The van der Waals surface area contributed by atoms with Crippen LogP contribution in [-0.2, 0) is 4.79 Å². The highest BCUT2D eigenvalue weighted by Crippen LogP contribution is 2.16. The molecule has 1 aromatic carbocycles. The number of amides is 2. The number of ether oxygens (including phenoxy) is 1. The fraction of sp³-hybridized carbons (Fsp3) is 0.200. The Bertz CT molecular complexity index is 671. The predicted octanol–water partition coefficient (Wildman–Crippen LogP) is 2.09. The standard InChI is InChI=1S/C15H16N4O3/c1-3-22-14-8-7-13(18-19-14)15(21)17-12-6-4-5-11(9-12)16-10(2)20/h4-9H,3H2,1-2H3,(H,16,20)(H,17,21).